The van der Waals surface area contributed by atoms with Crippen LogP contribution in [0.3, 0.4) is 0 Å². The van der Waals surface area contributed by atoms with Crippen LogP contribution >= 0.6 is 0 Å². The van der Waals surface area contributed by atoms with Gasteiger partial charge in [0, 0.05) is 22.9 Å². The summed E-state index contributed by atoms with van der Waals surface area (Å²) < 4.78 is -0.511. The van der Waals surface area contributed by atoms with Crippen molar-refractivity contribution < 1.29 is 9.59 Å². The van der Waals surface area contributed by atoms with Crippen molar-refractivity contribution in [3.05, 3.63) is 72.8 Å². The van der Waals surface area contributed by atoms with E-state index in [2.05, 4.69) is 9.97 Å². The topological polar surface area (TPSA) is 65.7 Å². The molecule has 0 spiro atoms. The summed E-state index contributed by atoms with van der Waals surface area (Å²) in [6.45, 7) is 0. The van der Waals surface area contributed by atoms with Crippen LogP contribution in [-0.2, 0) is 9.59 Å². The van der Waals surface area contributed by atoms with Gasteiger partial charge in [0.05, 0.1) is 23.2 Å². The van der Waals surface area contributed by atoms with Crippen molar-refractivity contribution in [3.63, 3.8) is 0 Å². The monoisotopic (exact) mass is 328 g/mol. The molecule has 25 heavy (non-hydrogen) atoms. The van der Waals surface area contributed by atoms with Crippen LogP contribution in [0.2, 0.25) is 0 Å². The summed E-state index contributed by atoms with van der Waals surface area (Å²) in [5.41, 5.74) is 1.78. The molecule has 2 amide bonds. The van der Waals surface area contributed by atoms with Crippen molar-refractivity contribution in [3.8, 4) is 0 Å². The molecule has 5 heteroatoms. The Balaban J connectivity index is 1.83. The predicted octanol–water partition coefficient (Wildman–Crippen LogP) is 3.91. The quantitative estimate of drug-likeness (QED) is 0.433. The second-order valence-electron chi connectivity index (χ2n) is 6.16. The van der Waals surface area contributed by atoms with Gasteiger partial charge in [0.2, 0.25) is 11.6 Å². The molecule has 4 aromatic rings. The first-order chi connectivity index (χ1) is 12.2. The second kappa shape index (κ2) is 4.78. The minimum atomic E-state index is -0.511. The number of hydrogen-bond donors (Lipinski definition) is 2. The Morgan fingerprint density at radius 1 is 0.640 bits per heavy atom. The summed E-state index contributed by atoms with van der Waals surface area (Å²) in [6, 6.07) is 19.2. The number of carbonyl (C=O) groups excluding carboxylic acids is 2. The molecule has 1 aliphatic rings. The van der Waals surface area contributed by atoms with Gasteiger partial charge in [-0.05, 0) is 12.1 Å². The highest BCUT2D eigenvalue weighted by Crippen LogP contribution is 2.40. The molecule has 0 atom stereocenters. The van der Waals surface area contributed by atoms with E-state index in [0.29, 0.717) is 11.6 Å². The first-order valence-corrected chi connectivity index (χ1v) is 8.02. The molecule has 0 unspecified atom stereocenters. The van der Waals surface area contributed by atoms with Crippen LogP contribution in [0.5, 0.6) is 0 Å². The fourth-order valence-electron chi connectivity index (χ4n) is 3.56. The van der Waals surface area contributed by atoms with Crippen LogP contribution in [0, 0.1) is 0 Å². The zero-order valence-electron chi connectivity index (χ0n) is 13.2. The highest BCUT2D eigenvalue weighted by Gasteiger charge is 2.53. The van der Waals surface area contributed by atoms with Gasteiger partial charge in [0.25, 0.3) is 0 Å². The molecule has 0 saturated heterocycles. The van der Waals surface area contributed by atoms with E-state index in [0.717, 1.165) is 21.8 Å². The number of nitrogens with one attached hydrogen (secondary N) is 2. The maximum absolute atomic E-state index is 12.9. The molecule has 1 aliphatic heterocycles. The number of rotatable bonds is 2. The van der Waals surface area contributed by atoms with Gasteiger partial charge < -0.3 is 9.97 Å². The summed E-state index contributed by atoms with van der Waals surface area (Å²) in [7, 11) is 0. The van der Waals surface area contributed by atoms with E-state index in [1.54, 1.807) is 0 Å². The maximum Gasteiger partial charge on any atom is 0.359 e. The highest BCUT2D eigenvalue weighted by atomic mass is 16.2. The number of fused-ring (bicyclic) bond motifs is 2. The predicted molar refractivity (Wildman–Crippen MR) is 97.2 cm³/mol. The summed E-state index contributed by atoms with van der Waals surface area (Å²) in [5.74, 6) is 0.492. The number of carbonyl (C=O) groups is 2. The van der Waals surface area contributed by atoms with Crippen molar-refractivity contribution in [1.29, 1.82) is 0 Å². The van der Waals surface area contributed by atoms with Crippen LogP contribution < -0.4 is 4.48 Å². The van der Waals surface area contributed by atoms with Gasteiger partial charge in [0.15, 0.2) is 0 Å². The number of benzene rings is 2. The number of imide groups is 1. The third-order valence-corrected chi connectivity index (χ3v) is 4.78. The van der Waals surface area contributed by atoms with Crippen LogP contribution in [-0.4, -0.2) is 21.8 Å². The number of aromatic amines is 2. The third-order valence-electron chi connectivity index (χ3n) is 4.78. The molecule has 0 bridgehead atoms. The van der Waals surface area contributed by atoms with Crippen molar-refractivity contribution >= 4 is 45.3 Å². The van der Waals surface area contributed by atoms with E-state index in [1.807, 2.05) is 60.7 Å². The average molecular weight is 328 g/mol. The van der Waals surface area contributed by atoms with Crippen LogP contribution in [0.25, 0.3) is 21.8 Å². The van der Waals surface area contributed by atoms with E-state index < -0.39 is 4.48 Å². The lowest BCUT2D eigenvalue weighted by atomic mass is 10.2. The van der Waals surface area contributed by atoms with Crippen LogP contribution in [0.4, 0.5) is 11.6 Å². The highest BCUT2D eigenvalue weighted by molar-refractivity contribution is 6.27. The lowest BCUT2D eigenvalue weighted by Crippen LogP contribution is -2.50. The van der Waals surface area contributed by atoms with E-state index in [4.69, 9.17) is 0 Å². The first kappa shape index (κ1) is 13.9. The SMILES string of the molecule is O=C1C=CC(=O)[N+]1(c1cc2ccccc2[nH]1)c1cc2ccccc2[nH]1. The molecule has 5 nitrogen and oxygen atoms in total. The number of para-hydroxylation sites is 2. The summed E-state index contributed by atoms with van der Waals surface area (Å²) in [5, 5.41) is 1.91. The second-order valence-corrected chi connectivity index (χ2v) is 6.16. The molecule has 2 aromatic heterocycles. The lowest BCUT2D eigenvalue weighted by Gasteiger charge is -2.24. The van der Waals surface area contributed by atoms with Gasteiger partial charge >= 0.3 is 11.8 Å². The molecular formula is C20H14N3O2+. The molecule has 3 heterocycles. The largest absolute Gasteiger partial charge is 0.359 e. The Labute approximate surface area is 142 Å². The fraction of sp³-hybridized carbons (Fsp3) is 0. The summed E-state index contributed by atoms with van der Waals surface area (Å²) in [4.78, 5) is 32.3. The average Bonchev–Trinajstić information content (AvgIpc) is 3.30. The Hall–Kier alpha value is -3.44. The smallest absolute Gasteiger partial charge is 0.309 e. The Morgan fingerprint density at radius 3 is 1.52 bits per heavy atom. The van der Waals surface area contributed by atoms with Crippen molar-refractivity contribution in [2.45, 2.75) is 0 Å². The number of quaternary nitrogens is 1. The van der Waals surface area contributed by atoms with Crippen LogP contribution in [0.15, 0.2) is 72.8 Å². The number of amides is 2. The number of H-pyrrole nitrogens is 2. The molecule has 0 aliphatic carbocycles. The summed E-state index contributed by atoms with van der Waals surface area (Å²) in [6.07, 6.45) is 2.69. The van der Waals surface area contributed by atoms with Crippen LogP contribution in [0.1, 0.15) is 0 Å². The summed E-state index contributed by atoms with van der Waals surface area (Å²) >= 11 is 0. The number of nitrogens with zero attached hydrogens (tertiary/aromatic N) is 1. The molecule has 5 rings (SSSR count). The molecular weight excluding hydrogens is 314 g/mol. The minimum absolute atomic E-state index is 0.289. The molecule has 2 N–H and O–H groups in total. The Morgan fingerprint density at radius 2 is 1.08 bits per heavy atom. The Kier molecular flexibility index (Phi) is 2.67. The van der Waals surface area contributed by atoms with E-state index in [-0.39, 0.29) is 11.8 Å². The zero-order chi connectivity index (χ0) is 17.0. The van der Waals surface area contributed by atoms with Gasteiger partial charge in [-0.3, -0.25) is 0 Å². The Bertz CT molecular complexity index is 1040. The molecule has 0 fully saturated rings. The molecule has 0 saturated carbocycles. The fourth-order valence-corrected chi connectivity index (χ4v) is 3.56. The molecule has 120 valence electrons. The van der Waals surface area contributed by atoms with Gasteiger partial charge in [0.1, 0.15) is 0 Å². The van der Waals surface area contributed by atoms with Crippen molar-refractivity contribution in [2.75, 3.05) is 0 Å². The standard InChI is InChI=1S/C20H14N3O2/c24-19-9-10-20(25)23(19,17-11-13-5-1-3-7-15(13)21-17)18-12-14-6-2-4-8-16(14)22-18/h1-12,21-22H/q+1. The molecule has 2 aromatic carbocycles. The van der Waals surface area contributed by atoms with Crippen molar-refractivity contribution in [1.82, 2.24) is 14.5 Å². The first-order valence-electron chi connectivity index (χ1n) is 8.02. The third kappa shape index (κ3) is 1.75. The van der Waals surface area contributed by atoms with Crippen molar-refractivity contribution in [2.24, 2.45) is 0 Å². The number of hydrogen-bond acceptors (Lipinski definition) is 2. The van der Waals surface area contributed by atoms with Gasteiger partial charge in [-0.15, -0.1) is 0 Å². The lowest BCUT2D eigenvalue weighted by molar-refractivity contribution is -0.132. The zero-order valence-corrected chi connectivity index (χ0v) is 13.2. The van der Waals surface area contributed by atoms with E-state index in [1.165, 1.54) is 12.2 Å². The van der Waals surface area contributed by atoms with Gasteiger partial charge in [-0.1, -0.05) is 40.9 Å². The van der Waals surface area contributed by atoms with Gasteiger partial charge in [-0.25, -0.2) is 9.59 Å². The van der Waals surface area contributed by atoms with Gasteiger partial charge in [-0.2, -0.15) is 0 Å². The molecule has 0 radical (unpaired) electrons. The maximum atomic E-state index is 12.9. The van der Waals surface area contributed by atoms with E-state index in [9.17, 15) is 9.59 Å². The normalized spacial score (nSPS) is 16.3. The number of aromatic nitrogens is 2. The van der Waals surface area contributed by atoms with E-state index >= 15 is 0 Å². The minimum Gasteiger partial charge on any atom is -0.309 e.